The van der Waals surface area contributed by atoms with E-state index in [2.05, 4.69) is 10.3 Å². The van der Waals surface area contributed by atoms with Crippen molar-refractivity contribution in [1.82, 2.24) is 10.3 Å². The number of carbonyl (C=O) groups excluding carboxylic acids is 1. The summed E-state index contributed by atoms with van der Waals surface area (Å²) in [4.78, 5) is 16.4. The minimum Gasteiger partial charge on any atom is -0.398 e. The Morgan fingerprint density at radius 3 is 2.10 bits per heavy atom. The van der Waals surface area contributed by atoms with Crippen LogP contribution in [0, 0.1) is 0 Å². The lowest BCUT2D eigenvalue weighted by Gasteiger charge is -2.15. The third-order valence-corrected chi connectivity index (χ3v) is 4.44. The fourth-order valence-corrected chi connectivity index (χ4v) is 2.94. The monoisotopic (exact) mass is 439 g/mol. The number of benzene rings is 2. The van der Waals surface area contributed by atoms with Gasteiger partial charge in [-0.1, -0.05) is 18.2 Å². The molecule has 0 bridgehead atoms. The van der Waals surface area contributed by atoms with Crippen molar-refractivity contribution >= 4 is 11.6 Å². The maximum Gasteiger partial charge on any atom is 0.416 e. The predicted octanol–water partition coefficient (Wildman–Crippen LogP) is 5.30. The summed E-state index contributed by atoms with van der Waals surface area (Å²) in [6.07, 6.45) is -7.17. The molecule has 0 unspecified atom stereocenters. The minimum absolute atomic E-state index is 0.0336. The van der Waals surface area contributed by atoms with Crippen molar-refractivity contribution in [3.8, 4) is 11.1 Å². The molecule has 0 atom stereocenters. The first-order valence-electron chi connectivity index (χ1n) is 8.82. The van der Waals surface area contributed by atoms with Gasteiger partial charge < -0.3 is 11.1 Å². The molecule has 3 aromatic rings. The molecular weight excluding hydrogens is 424 g/mol. The fraction of sp³-hybridized carbons (Fsp3) is 0.143. The maximum absolute atomic E-state index is 13.0. The molecule has 0 saturated carbocycles. The number of nitrogen functional groups attached to an aromatic ring is 1. The number of aromatic nitrogens is 1. The Morgan fingerprint density at radius 1 is 0.903 bits per heavy atom. The third kappa shape index (κ3) is 5.14. The number of nitrogens with zero attached hydrogens (tertiary/aromatic N) is 1. The number of amides is 1. The topological polar surface area (TPSA) is 68.0 Å². The van der Waals surface area contributed by atoms with Crippen LogP contribution in [-0.4, -0.2) is 10.9 Å². The van der Waals surface area contributed by atoms with E-state index in [1.165, 1.54) is 12.4 Å². The normalized spacial score (nSPS) is 11.9. The van der Waals surface area contributed by atoms with Crippen molar-refractivity contribution in [2.75, 3.05) is 5.73 Å². The third-order valence-electron chi connectivity index (χ3n) is 4.44. The van der Waals surface area contributed by atoms with Gasteiger partial charge in [0, 0.05) is 35.8 Å². The predicted molar refractivity (Wildman–Crippen MR) is 102 cm³/mol. The van der Waals surface area contributed by atoms with Gasteiger partial charge in [-0.2, -0.15) is 26.3 Å². The molecular formula is C21H15F6N3O. The highest BCUT2D eigenvalue weighted by Crippen LogP contribution is 2.36. The molecule has 4 nitrogen and oxygen atoms in total. The van der Waals surface area contributed by atoms with Crippen LogP contribution in [0.25, 0.3) is 11.1 Å². The summed E-state index contributed by atoms with van der Waals surface area (Å²) in [7, 11) is 0. The first kappa shape index (κ1) is 22.1. The van der Waals surface area contributed by atoms with Crippen LogP contribution in [0.4, 0.5) is 32.0 Å². The Bertz CT molecular complexity index is 1080. The van der Waals surface area contributed by atoms with Crippen molar-refractivity contribution < 1.29 is 31.1 Å². The molecule has 3 N–H and O–H groups in total. The molecule has 1 amide bonds. The van der Waals surface area contributed by atoms with E-state index in [9.17, 15) is 31.1 Å². The molecule has 31 heavy (non-hydrogen) atoms. The van der Waals surface area contributed by atoms with Gasteiger partial charge in [0.1, 0.15) is 0 Å². The summed E-state index contributed by atoms with van der Waals surface area (Å²) < 4.78 is 78.1. The van der Waals surface area contributed by atoms with E-state index < -0.39 is 35.0 Å². The zero-order valence-corrected chi connectivity index (χ0v) is 15.7. The van der Waals surface area contributed by atoms with Crippen molar-refractivity contribution in [1.29, 1.82) is 0 Å². The largest absolute Gasteiger partial charge is 0.416 e. The number of halogens is 6. The Morgan fingerprint density at radius 2 is 1.52 bits per heavy atom. The molecule has 0 aliphatic heterocycles. The first-order valence-corrected chi connectivity index (χ1v) is 8.82. The highest BCUT2D eigenvalue weighted by Gasteiger charge is 2.37. The lowest BCUT2D eigenvalue weighted by atomic mass is 10.00. The van der Waals surface area contributed by atoms with Crippen LogP contribution >= 0.6 is 0 Å². The number of rotatable bonds is 4. The van der Waals surface area contributed by atoms with E-state index >= 15 is 0 Å². The quantitative estimate of drug-likeness (QED) is 0.428. The van der Waals surface area contributed by atoms with Crippen LogP contribution < -0.4 is 11.1 Å². The molecule has 0 fully saturated rings. The lowest BCUT2D eigenvalue weighted by molar-refractivity contribution is -0.143. The van der Waals surface area contributed by atoms with Crippen LogP contribution in [0.1, 0.15) is 27.0 Å². The number of anilines is 1. The van der Waals surface area contributed by atoms with Crippen LogP contribution in [0.3, 0.4) is 0 Å². The zero-order valence-electron chi connectivity index (χ0n) is 15.7. The molecule has 0 aliphatic rings. The van der Waals surface area contributed by atoms with Gasteiger partial charge in [-0.05, 0) is 41.5 Å². The first-order chi connectivity index (χ1) is 14.5. The number of hydrogen-bond donors (Lipinski definition) is 2. The summed E-state index contributed by atoms with van der Waals surface area (Å²) in [5, 5.41) is 2.35. The highest BCUT2D eigenvalue weighted by molar-refractivity contribution is 5.94. The Hall–Kier alpha value is -3.56. The smallest absolute Gasteiger partial charge is 0.398 e. The van der Waals surface area contributed by atoms with Gasteiger partial charge in [-0.3, -0.25) is 9.78 Å². The van der Waals surface area contributed by atoms with Gasteiger partial charge in [-0.15, -0.1) is 0 Å². The Balaban J connectivity index is 1.90. The van der Waals surface area contributed by atoms with Crippen molar-refractivity contribution in [3.05, 3.63) is 83.2 Å². The second-order valence-corrected chi connectivity index (χ2v) is 6.60. The molecule has 0 radical (unpaired) electrons. The highest BCUT2D eigenvalue weighted by atomic mass is 19.4. The molecule has 1 aromatic heterocycles. The summed E-state index contributed by atoms with van der Waals surface area (Å²) >= 11 is 0. The van der Waals surface area contributed by atoms with Crippen molar-refractivity contribution in [3.63, 3.8) is 0 Å². The average molecular weight is 439 g/mol. The van der Waals surface area contributed by atoms with E-state index in [0.717, 1.165) is 0 Å². The molecule has 0 saturated heterocycles. The van der Waals surface area contributed by atoms with E-state index in [1.54, 1.807) is 30.3 Å². The van der Waals surface area contributed by atoms with Gasteiger partial charge in [-0.25, -0.2) is 0 Å². The average Bonchev–Trinajstić information content (AvgIpc) is 2.71. The van der Waals surface area contributed by atoms with E-state index in [4.69, 9.17) is 5.73 Å². The van der Waals surface area contributed by atoms with Gasteiger partial charge in [0.15, 0.2) is 0 Å². The van der Waals surface area contributed by atoms with Gasteiger partial charge >= 0.3 is 12.4 Å². The number of alkyl halides is 6. The van der Waals surface area contributed by atoms with Crippen LogP contribution in [0.15, 0.2) is 60.9 Å². The molecule has 0 aliphatic carbocycles. The maximum atomic E-state index is 13.0. The number of carbonyl (C=O) groups is 1. The van der Waals surface area contributed by atoms with Crippen molar-refractivity contribution in [2.45, 2.75) is 18.9 Å². The van der Waals surface area contributed by atoms with E-state index in [0.29, 0.717) is 34.5 Å². The number of nitrogens with two attached hydrogens (primary N) is 1. The number of nitrogens with one attached hydrogen (secondary N) is 1. The summed E-state index contributed by atoms with van der Waals surface area (Å²) in [6, 6.07) is 9.24. The van der Waals surface area contributed by atoms with Crippen LogP contribution in [-0.2, 0) is 18.9 Å². The minimum atomic E-state index is -5.04. The van der Waals surface area contributed by atoms with E-state index in [-0.39, 0.29) is 12.6 Å². The van der Waals surface area contributed by atoms with Crippen molar-refractivity contribution in [2.24, 2.45) is 0 Å². The number of para-hydroxylation sites is 1. The molecule has 10 heteroatoms. The molecule has 2 aromatic carbocycles. The summed E-state index contributed by atoms with van der Waals surface area (Å²) in [6.45, 7) is -0.187. The molecule has 0 spiro atoms. The van der Waals surface area contributed by atoms with Crippen LogP contribution in [0.2, 0.25) is 0 Å². The second-order valence-electron chi connectivity index (χ2n) is 6.60. The standard InChI is InChI=1S/C21H15F6N3O/c22-20(23,24)14-7-12(8-15(9-14)21(25,26)27)19(31)30-11-13-10-29-6-5-16(13)17-3-1-2-4-18(17)28/h1-10H,11,28H2,(H,30,31). The zero-order chi connectivity index (χ0) is 22.8. The van der Waals surface area contributed by atoms with E-state index in [1.807, 2.05) is 0 Å². The number of hydrogen-bond acceptors (Lipinski definition) is 3. The molecule has 162 valence electrons. The van der Waals surface area contributed by atoms with Crippen LogP contribution in [0.5, 0.6) is 0 Å². The lowest BCUT2D eigenvalue weighted by Crippen LogP contribution is -2.24. The SMILES string of the molecule is Nc1ccccc1-c1ccncc1CNC(=O)c1cc(C(F)(F)F)cc(C(F)(F)F)c1. The number of pyridine rings is 1. The van der Waals surface area contributed by atoms with Gasteiger partial charge in [0.2, 0.25) is 0 Å². The summed E-state index contributed by atoms with van der Waals surface area (Å²) in [5.41, 5.74) is 4.28. The molecule has 3 rings (SSSR count). The summed E-state index contributed by atoms with van der Waals surface area (Å²) in [5.74, 6) is -1.09. The van der Waals surface area contributed by atoms with Gasteiger partial charge in [0.25, 0.3) is 5.91 Å². The fourth-order valence-electron chi connectivity index (χ4n) is 2.94. The second kappa shape index (κ2) is 8.29. The Labute approximate surface area is 172 Å². The van der Waals surface area contributed by atoms with Gasteiger partial charge in [0.05, 0.1) is 11.1 Å². The molecule has 1 heterocycles. The Kier molecular flexibility index (Phi) is 5.92.